The van der Waals surface area contributed by atoms with Crippen molar-refractivity contribution >= 4 is 5.97 Å². The number of aliphatic hydroxyl groups is 5. The van der Waals surface area contributed by atoms with Crippen LogP contribution in [-0.2, 0) is 4.79 Å². The van der Waals surface area contributed by atoms with Crippen LogP contribution in [0.3, 0.4) is 0 Å². The summed E-state index contributed by atoms with van der Waals surface area (Å²) in [5.74, 6) is -1.53. The zero-order chi connectivity index (χ0) is 28.4. The first-order valence-electron chi connectivity index (χ1n) is 14.7. The van der Waals surface area contributed by atoms with Crippen molar-refractivity contribution in [3.63, 3.8) is 0 Å². The number of fused-ring (bicyclic) bond motifs is 7. The van der Waals surface area contributed by atoms with E-state index in [4.69, 9.17) is 0 Å². The predicted molar refractivity (Wildman–Crippen MR) is 143 cm³/mol. The lowest BCUT2D eigenvalue weighted by molar-refractivity contribution is -0.301. The summed E-state index contributed by atoms with van der Waals surface area (Å²) >= 11 is 0. The van der Waals surface area contributed by atoms with Crippen molar-refractivity contribution in [2.45, 2.75) is 123 Å². The first kappa shape index (κ1) is 28.5. The summed E-state index contributed by atoms with van der Waals surface area (Å²) < 4.78 is 0. The smallest absolute Gasteiger partial charge is 0.303 e. The number of hydrogen-bond donors (Lipinski definition) is 6. The summed E-state index contributed by atoms with van der Waals surface area (Å²) in [6, 6.07) is 0. The number of carboxylic acid groups (broad SMARTS) is 1. The molecule has 0 aromatic heterocycles. The fraction of sp³-hybridized carbons (Fsp3) is 0.903. The highest BCUT2D eigenvalue weighted by Crippen LogP contribution is 2.76. The Morgan fingerprint density at radius 1 is 0.947 bits per heavy atom. The largest absolute Gasteiger partial charge is 0.481 e. The molecule has 0 spiro atoms. The topological polar surface area (TPSA) is 138 Å². The Balaban J connectivity index is 1.69. The summed E-state index contributed by atoms with van der Waals surface area (Å²) in [7, 11) is 0. The summed E-state index contributed by atoms with van der Waals surface area (Å²) in [6.07, 6.45) is 1.85. The molecule has 1 unspecified atom stereocenters. The number of aliphatic carboxylic acids is 1. The third-order valence-corrected chi connectivity index (χ3v) is 13.9. The van der Waals surface area contributed by atoms with Crippen LogP contribution in [0.5, 0.6) is 0 Å². The minimum atomic E-state index is -1.28. The molecule has 5 rings (SSSR count). The lowest BCUT2D eigenvalue weighted by Gasteiger charge is -2.74. The van der Waals surface area contributed by atoms with Crippen LogP contribution in [0.15, 0.2) is 11.6 Å². The molecule has 0 bridgehead atoms. The third kappa shape index (κ3) is 3.17. The quantitative estimate of drug-likeness (QED) is 0.298. The molecule has 0 heterocycles. The maximum atomic E-state index is 12.1. The van der Waals surface area contributed by atoms with Crippen molar-refractivity contribution in [2.75, 3.05) is 0 Å². The molecule has 5 aliphatic rings. The zero-order valence-corrected chi connectivity index (χ0v) is 24.2. The van der Waals surface area contributed by atoms with E-state index in [2.05, 4.69) is 26.8 Å². The summed E-state index contributed by atoms with van der Waals surface area (Å²) in [5, 5.41) is 67.6. The molecule has 0 saturated heterocycles. The number of carbonyl (C=O) groups is 1. The van der Waals surface area contributed by atoms with E-state index < -0.39 is 63.1 Å². The van der Waals surface area contributed by atoms with E-state index >= 15 is 0 Å². The molecule has 13 atom stereocenters. The van der Waals surface area contributed by atoms with Crippen molar-refractivity contribution in [1.82, 2.24) is 0 Å². The highest BCUT2D eigenvalue weighted by Gasteiger charge is 2.74. The highest BCUT2D eigenvalue weighted by molar-refractivity contribution is 5.68. The summed E-state index contributed by atoms with van der Waals surface area (Å²) in [6.45, 7) is 14.1. The fourth-order valence-corrected chi connectivity index (χ4v) is 11.3. The minimum Gasteiger partial charge on any atom is -0.481 e. The second-order valence-corrected chi connectivity index (χ2v) is 15.5. The first-order chi connectivity index (χ1) is 17.3. The van der Waals surface area contributed by atoms with Gasteiger partial charge in [0, 0.05) is 16.7 Å². The van der Waals surface area contributed by atoms with E-state index in [-0.39, 0.29) is 30.1 Å². The number of hydrogen-bond acceptors (Lipinski definition) is 6. The van der Waals surface area contributed by atoms with E-state index in [1.165, 1.54) is 0 Å². The van der Waals surface area contributed by atoms with Crippen LogP contribution in [0.25, 0.3) is 0 Å². The number of rotatable bonds is 2. The van der Waals surface area contributed by atoms with Gasteiger partial charge in [0.15, 0.2) is 0 Å². The second-order valence-electron chi connectivity index (χ2n) is 15.5. The number of carboxylic acids is 1. The normalized spacial score (nSPS) is 57.5. The van der Waals surface area contributed by atoms with Crippen LogP contribution in [0.4, 0.5) is 0 Å². The predicted octanol–water partition coefficient (Wildman–Crippen LogP) is 3.51. The maximum Gasteiger partial charge on any atom is 0.303 e. The molecular formula is C31H50O7. The van der Waals surface area contributed by atoms with Crippen molar-refractivity contribution in [3.8, 4) is 0 Å². The minimum absolute atomic E-state index is 0.0129. The highest BCUT2D eigenvalue weighted by atomic mass is 16.4. The Morgan fingerprint density at radius 2 is 1.58 bits per heavy atom. The molecule has 38 heavy (non-hydrogen) atoms. The molecule has 4 fully saturated rings. The van der Waals surface area contributed by atoms with Crippen LogP contribution in [0.2, 0.25) is 0 Å². The molecule has 0 amide bonds. The van der Waals surface area contributed by atoms with Crippen LogP contribution in [-0.4, -0.2) is 66.6 Å². The summed E-state index contributed by atoms with van der Waals surface area (Å²) in [4.78, 5) is 12.1. The molecule has 7 nitrogen and oxygen atoms in total. The number of allylic oxidation sites excluding steroid dienone is 1. The van der Waals surface area contributed by atoms with E-state index in [0.717, 1.165) is 18.4 Å². The van der Waals surface area contributed by atoms with Crippen molar-refractivity contribution in [3.05, 3.63) is 11.6 Å². The van der Waals surface area contributed by atoms with Gasteiger partial charge in [0.05, 0.1) is 30.3 Å². The van der Waals surface area contributed by atoms with Gasteiger partial charge in [-0.2, -0.15) is 0 Å². The average molecular weight is 535 g/mol. The molecule has 0 aromatic carbocycles. The molecule has 0 aromatic rings. The van der Waals surface area contributed by atoms with Gasteiger partial charge in [-0.3, -0.25) is 4.79 Å². The van der Waals surface area contributed by atoms with Gasteiger partial charge in [-0.15, -0.1) is 0 Å². The lowest BCUT2D eigenvalue weighted by atomic mass is 9.32. The van der Waals surface area contributed by atoms with Crippen LogP contribution >= 0.6 is 0 Å². The Hall–Kier alpha value is -0.990. The van der Waals surface area contributed by atoms with Gasteiger partial charge in [-0.05, 0) is 79.4 Å². The van der Waals surface area contributed by atoms with Crippen molar-refractivity contribution < 1.29 is 35.4 Å². The molecular weight excluding hydrogens is 484 g/mol. The number of aliphatic hydroxyl groups excluding tert-OH is 4. The molecule has 5 aliphatic carbocycles. The molecule has 216 valence electrons. The Kier molecular flexibility index (Phi) is 6.22. The standard InChI is InChI=1S/C31H50O7/c1-16-10-11-31(15-21(33)34)13-12-27(4)17(23(31)30(16,7)38)8-9-18-28(5)19(14-20(32)29(18,27)6)26(2,3)24(36)22(35)25(28)37/h8,16,18-20,22-25,32,35-38H,9-15H2,1-7H3,(H,33,34)/t16-,18-,19+,20-,22+,23-,24+,25?,27-,28-,29+,30-,31-/m1/s1. The molecule has 0 aliphatic heterocycles. The average Bonchev–Trinajstić information content (AvgIpc) is 2.82. The van der Waals surface area contributed by atoms with Gasteiger partial charge in [-0.25, -0.2) is 0 Å². The van der Waals surface area contributed by atoms with Crippen LogP contribution < -0.4 is 0 Å². The summed E-state index contributed by atoms with van der Waals surface area (Å²) in [5.41, 5.74) is -3.19. The molecule has 7 heteroatoms. The monoisotopic (exact) mass is 534 g/mol. The maximum absolute atomic E-state index is 12.1. The van der Waals surface area contributed by atoms with Crippen LogP contribution in [0, 0.1) is 50.7 Å². The molecule has 4 saturated carbocycles. The van der Waals surface area contributed by atoms with E-state index in [1.54, 1.807) is 0 Å². The van der Waals surface area contributed by atoms with E-state index in [1.807, 2.05) is 27.7 Å². The fourth-order valence-electron chi connectivity index (χ4n) is 11.3. The first-order valence-corrected chi connectivity index (χ1v) is 14.7. The second kappa shape index (κ2) is 8.28. The lowest BCUT2D eigenvalue weighted by Crippen LogP contribution is -2.75. The van der Waals surface area contributed by atoms with Gasteiger partial charge in [0.2, 0.25) is 0 Å². The van der Waals surface area contributed by atoms with Crippen molar-refractivity contribution in [1.29, 1.82) is 0 Å². The Bertz CT molecular complexity index is 1040. The van der Waals surface area contributed by atoms with Gasteiger partial charge in [0.25, 0.3) is 0 Å². The Labute approximate surface area is 227 Å². The van der Waals surface area contributed by atoms with Crippen LogP contribution in [0.1, 0.15) is 93.4 Å². The van der Waals surface area contributed by atoms with Gasteiger partial charge in [-0.1, -0.05) is 53.2 Å². The zero-order valence-electron chi connectivity index (χ0n) is 24.2. The SMILES string of the molecule is C[C@@H]1CC[C@]2(CC(=O)O)CC[C@]3(C)C(=CC[C@@H]4[C@@]5(C)C(O)[C@@H](O)[C@H](O)C(C)(C)[C@@H]5C[C@@H](O)[C@]43C)[C@@H]2[C@]1(C)O. The molecule has 0 radical (unpaired) electrons. The van der Waals surface area contributed by atoms with Crippen molar-refractivity contribution in [2.24, 2.45) is 50.7 Å². The Morgan fingerprint density at radius 3 is 2.18 bits per heavy atom. The van der Waals surface area contributed by atoms with Gasteiger partial charge in [0.1, 0.15) is 6.10 Å². The van der Waals surface area contributed by atoms with E-state index in [9.17, 15) is 35.4 Å². The van der Waals surface area contributed by atoms with Gasteiger partial charge < -0.3 is 30.6 Å². The third-order valence-electron chi connectivity index (χ3n) is 13.9. The van der Waals surface area contributed by atoms with E-state index in [0.29, 0.717) is 25.7 Å². The van der Waals surface area contributed by atoms with Gasteiger partial charge >= 0.3 is 5.97 Å². The molecule has 6 N–H and O–H groups in total.